The predicted molar refractivity (Wildman–Crippen MR) is 410 cm³/mol. The predicted octanol–water partition coefficient (Wildman–Crippen LogP) is 10.6. The number of aromatic nitrogens is 9. The van der Waals surface area contributed by atoms with E-state index in [1.165, 1.54) is 14.2 Å². The molecule has 3 saturated heterocycles. The van der Waals surface area contributed by atoms with E-state index in [4.69, 9.17) is 54.6 Å². The van der Waals surface area contributed by atoms with Crippen molar-refractivity contribution in [3.63, 3.8) is 0 Å². The lowest BCUT2D eigenvalue weighted by Gasteiger charge is -2.27. The summed E-state index contributed by atoms with van der Waals surface area (Å²) >= 11 is 5.18. The van der Waals surface area contributed by atoms with E-state index in [0.717, 1.165) is 67.3 Å². The van der Waals surface area contributed by atoms with Crippen LogP contribution in [0.2, 0.25) is 0 Å². The lowest BCUT2D eigenvalue weighted by Crippen LogP contribution is -2.47. The van der Waals surface area contributed by atoms with E-state index < -0.39 is 34.0 Å². The molecule has 3 aromatic carbocycles. The number of fused-ring (bicyclic) bond motifs is 3. The largest absolute Gasteiger partial charge is 0.480 e. The third-order valence-corrected chi connectivity index (χ3v) is 17.6. The van der Waals surface area contributed by atoms with Crippen LogP contribution in [0.3, 0.4) is 0 Å². The van der Waals surface area contributed by atoms with Gasteiger partial charge in [-0.25, -0.2) is 15.0 Å². The quantitative estimate of drug-likeness (QED) is 0.0218. The minimum Gasteiger partial charge on any atom is -0.480 e. The van der Waals surface area contributed by atoms with Crippen molar-refractivity contribution < 1.29 is 71.8 Å². The topological polar surface area (TPSA) is 376 Å². The molecule has 8 N–H and O–H groups in total. The lowest BCUT2D eigenvalue weighted by atomic mass is 10.0. The summed E-state index contributed by atoms with van der Waals surface area (Å²) in [6.45, 7) is 25.4. The van der Waals surface area contributed by atoms with Crippen molar-refractivity contribution >= 4 is 97.0 Å². The summed E-state index contributed by atoms with van der Waals surface area (Å²) < 4.78 is 43.9. The molecule has 9 heterocycles. The van der Waals surface area contributed by atoms with Gasteiger partial charge in [-0.1, -0.05) is 0 Å². The van der Waals surface area contributed by atoms with Gasteiger partial charge in [-0.3, -0.25) is 53.9 Å². The van der Waals surface area contributed by atoms with E-state index in [1.54, 1.807) is 63.5 Å². The molecule has 0 aliphatic carbocycles. The van der Waals surface area contributed by atoms with Crippen LogP contribution < -0.4 is 35.5 Å². The van der Waals surface area contributed by atoms with Gasteiger partial charge < -0.3 is 64.3 Å². The van der Waals surface area contributed by atoms with Gasteiger partial charge in [0.05, 0.1) is 48.0 Å². The maximum Gasteiger partial charge on any atom is 0.321 e. The standard InChI is InChI=1S/C27H35N5O5.C23H27N5O5.C21H25N5O3.C6H11ClO2/c1-17(2)36-22-10-7-18(14-28-22)24-20-13-19(8-9-21(20)30-31-24)29-25(34)27(35-6)11-12-32(16-27)15-23(33)37-26(3,4)5;1-14(2)33-19-7-4-15(11-24-19)21-17-10-16(5-6-18(17)26-27-21)25-22(31)23(32-3)8-9-28(13-23)12-20(29)30;1-13(2)29-18-7-4-14(11-23-18)19-16-10-15(5-6-17(16)25-26-19)24-20(27)21(28-3)8-9-22-12-21;1-6(2,3)9-5(8)4-7/h7-10,13-14,17H,11-12,15-16H2,1-6H3,(H,29,34)(H,30,31);4-7,10-11,14H,8-9,12-13H2,1-3H3,(H,25,31)(H,26,27)(H,29,30);4-7,10-11,13,22H,8-9,12H2,1-3H3,(H,24,27)(H,25,26);4H2,1-3H3/t27-;23-;21-;/m000./s1. The molecule has 31 heteroatoms. The Morgan fingerprint density at radius 1 is 0.500 bits per heavy atom. The number of hydrogen-bond acceptors (Lipinski definition) is 23. The number of nitrogens with one attached hydrogen (secondary N) is 7. The number of methoxy groups -OCH3 is 3. The van der Waals surface area contributed by atoms with E-state index in [2.05, 4.69) is 66.8 Å². The molecule has 12 rings (SSSR count). The molecule has 3 fully saturated rings. The summed E-state index contributed by atoms with van der Waals surface area (Å²) in [5.74, 6) is -0.746. The van der Waals surface area contributed by atoms with Crippen LogP contribution in [0.5, 0.6) is 17.6 Å². The Labute approximate surface area is 631 Å². The Morgan fingerprint density at radius 2 is 0.852 bits per heavy atom. The van der Waals surface area contributed by atoms with Gasteiger partial charge in [0.25, 0.3) is 17.7 Å². The van der Waals surface area contributed by atoms with Crippen LogP contribution in [0.1, 0.15) is 102 Å². The van der Waals surface area contributed by atoms with Crippen LogP contribution in [-0.2, 0) is 52.5 Å². The molecule has 0 radical (unpaired) electrons. The summed E-state index contributed by atoms with van der Waals surface area (Å²) in [6, 6.07) is 27.9. The number of pyridine rings is 3. The number of carbonyl (C=O) groups excluding carboxylic acids is 5. The highest BCUT2D eigenvalue weighted by atomic mass is 35.5. The van der Waals surface area contributed by atoms with Gasteiger partial charge in [-0.2, -0.15) is 15.3 Å². The third-order valence-electron chi connectivity index (χ3n) is 17.4. The van der Waals surface area contributed by atoms with E-state index in [-0.39, 0.29) is 73.5 Å². The second kappa shape index (κ2) is 35.7. The number of aromatic amines is 3. The number of amides is 3. The van der Waals surface area contributed by atoms with E-state index >= 15 is 0 Å². The van der Waals surface area contributed by atoms with Gasteiger partial charge in [0.1, 0.15) is 34.2 Å². The van der Waals surface area contributed by atoms with Crippen molar-refractivity contribution in [3.8, 4) is 51.4 Å². The number of esters is 2. The summed E-state index contributed by atoms with van der Waals surface area (Å²) in [6.07, 6.45) is 6.82. The number of benzene rings is 3. The molecular weight excluding hydrogens is 1410 g/mol. The van der Waals surface area contributed by atoms with Crippen molar-refractivity contribution in [2.75, 3.05) is 95.5 Å². The summed E-state index contributed by atoms with van der Waals surface area (Å²) in [7, 11) is 4.57. The molecule has 3 aliphatic rings. The monoisotopic (exact) mass is 1510 g/mol. The fourth-order valence-electron chi connectivity index (χ4n) is 12.3. The molecule has 3 amide bonds. The molecule has 108 heavy (non-hydrogen) atoms. The van der Waals surface area contributed by atoms with Gasteiger partial charge in [0.2, 0.25) is 17.6 Å². The van der Waals surface area contributed by atoms with Crippen molar-refractivity contribution in [2.45, 2.75) is 149 Å². The minimum absolute atomic E-state index is 0.0344. The first-order valence-corrected chi connectivity index (χ1v) is 36.1. The first-order valence-electron chi connectivity index (χ1n) is 35.5. The van der Waals surface area contributed by atoms with Gasteiger partial charge in [0.15, 0.2) is 16.8 Å². The number of H-pyrrole nitrogens is 3. The summed E-state index contributed by atoms with van der Waals surface area (Å²) in [5.41, 5.74) is 5.19. The molecule has 0 saturated carbocycles. The normalized spacial score (nSPS) is 18.0. The highest BCUT2D eigenvalue weighted by Gasteiger charge is 2.47. The zero-order chi connectivity index (χ0) is 78.3. The number of carbonyl (C=O) groups is 6. The van der Waals surface area contributed by atoms with Gasteiger partial charge in [-0.15, -0.1) is 11.6 Å². The Hall–Kier alpha value is -10.2. The molecule has 578 valence electrons. The van der Waals surface area contributed by atoms with Crippen molar-refractivity contribution in [2.24, 2.45) is 0 Å². The third kappa shape index (κ3) is 21.6. The van der Waals surface area contributed by atoms with Gasteiger partial charge >= 0.3 is 17.9 Å². The second-order valence-corrected chi connectivity index (χ2v) is 29.4. The molecule has 0 spiro atoms. The Bertz CT molecular complexity index is 4570. The number of rotatable bonds is 23. The van der Waals surface area contributed by atoms with Crippen molar-refractivity contribution in [1.82, 2.24) is 60.7 Å². The lowest BCUT2D eigenvalue weighted by molar-refractivity contribution is -0.156. The number of ether oxygens (including phenoxy) is 8. The van der Waals surface area contributed by atoms with Crippen LogP contribution in [0.15, 0.2) is 110 Å². The molecular formula is C77H98ClN15O15. The number of likely N-dealkylation sites (tertiary alicyclic amines) is 2. The van der Waals surface area contributed by atoms with Crippen LogP contribution in [-0.4, -0.2) is 222 Å². The molecule has 6 aromatic heterocycles. The molecule has 0 unspecified atom stereocenters. The maximum atomic E-state index is 13.4. The first-order chi connectivity index (χ1) is 51.2. The van der Waals surface area contributed by atoms with Crippen molar-refractivity contribution in [1.29, 1.82) is 0 Å². The zero-order valence-electron chi connectivity index (χ0n) is 63.7. The molecule has 0 bridgehead atoms. The molecule has 30 nitrogen and oxygen atoms in total. The van der Waals surface area contributed by atoms with Crippen LogP contribution >= 0.6 is 11.6 Å². The van der Waals surface area contributed by atoms with Crippen LogP contribution in [0, 0.1) is 0 Å². The van der Waals surface area contributed by atoms with E-state index in [0.29, 0.717) is 85.8 Å². The zero-order valence-corrected chi connectivity index (χ0v) is 64.5. The Balaban J connectivity index is 0.000000177. The average Bonchev–Trinajstić information content (AvgIpc) is 1.63. The molecule has 3 atom stereocenters. The number of hydrogen-bond donors (Lipinski definition) is 8. The summed E-state index contributed by atoms with van der Waals surface area (Å²) in [4.78, 5) is 89.7. The highest BCUT2D eigenvalue weighted by molar-refractivity contribution is 6.26. The Morgan fingerprint density at radius 3 is 1.14 bits per heavy atom. The number of alkyl halides is 1. The first kappa shape index (κ1) is 81.9. The highest BCUT2D eigenvalue weighted by Crippen LogP contribution is 2.36. The van der Waals surface area contributed by atoms with Crippen LogP contribution in [0.4, 0.5) is 17.1 Å². The van der Waals surface area contributed by atoms with Gasteiger partial charge in [-0.05, 0) is 182 Å². The second-order valence-electron chi connectivity index (χ2n) is 29.2. The number of carboxylic acids is 1. The Kier molecular flexibility index (Phi) is 27.0. The van der Waals surface area contributed by atoms with Crippen molar-refractivity contribution in [3.05, 3.63) is 110 Å². The number of nitrogens with zero attached hydrogens (tertiary/aromatic N) is 8. The average molecular weight is 1510 g/mol. The maximum absolute atomic E-state index is 13.4. The summed E-state index contributed by atoms with van der Waals surface area (Å²) in [5, 5.41) is 46.1. The molecule has 9 aromatic rings. The number of anilines is 3. The minimum atomic E-state index is -1.10. The number of aliphatic carboxylic acids is 1. The molecule has 3 aliphatic heterocycles. The van der Waals surface area contributed by atoms with Gasteiger partial charge in [0, 0.05) is 141 Å². The number of halogens is 1. The van der Waals surface area contributed by atoms with E-state index in [9.17, 15) is 28.8 Å². The number of carboxylic acid groups (broad SMARTS) is 1. The van der Waals surface area contributed by atoms with Crippen LogP contribution in [0.25, 0.3) is 66.5 Å². The SMILES string of the molecule is CC(C)(C)OC(=O)CCl.CO[C@@]1(C(=O)Nc2ccc3[nH]nc(-c4ccc(OC(C)C)nc4)c3c2)CCN(CC(=O)O)C1.CO[C@@]1(C(=O)Nc2ccc3[nH]nc(-c4ccc(OC(C)C)nc4)c3c2)CCN(CC(=O)OC(C)(C)C)C1.CO[C@@]1(C(=O)Nc2ccc3[nH]nc(-c4ccc(OC(C)C)nc4)c3c2)CCNC1. The fraction of sp³-hybridized carbons (Fsp3) is 0.455. The van der Waals surface area contributed by atoms with E-state index in [1.807, 2.05) is 146 Å². The fourth-order valence-corrected chi connectivity index (χ4v) is 12.3. The smallest absolute Gasteiger partial charge is 0.321 e.